The van der Waals surface area contributed by atoms with Crippen molar-refractivity contribution in [3.8, 4) is 0 Å². The van der Waals surface area contributed by atoms with Crippen molar-refractivity contribution in [1.82, 2.24) is 4.98 Å². The van der Waals surface area contributed by atoms with Crippen LogP contribution in [0, 0.1) is 10.1 Å². The van der Waals surface area contributed by atoms with Crippen LogP contribution in [-0.2, 0) is 0 Å². The summed E-state index contributed by atoms with van der Waals surface area (Å²) < 4.78 is 4.64. The summed E-state index contributed by atoms with van der Waals surface area (Å²) in [6.07, 6.45) is 0. The van der Waals surface area contributed by atoms with Gasteiger partial charge in [-0.05, 0) is 12.1 Å². The summed E-state index contributed by atoms with van der Waals surface area (Å²) in [5.74, 6) is -0.745. The molecule has 6 nitrogen and oxygen atoms in total. The van der Waals surface area contributed by atoms with Crippen LogP contribution in [0.5, 0.6) is 0 Å². The van der Waals surface area contributed by atoms with Crippen LogP contribution in [0.3, 0.4) is 0 Å². The lowest BCUT2D eigenvalue weighted by Gasteiger charge is -1.93. The van der Waals surface area contributed by atoms with Crippen molar-refractivity contribution in [2.75, 3.05) is 0 Å². The first-order chi connectivity index (χ1) is 6.59. The molecule has 0 atom stereocenters. The molecule has 0 radical (unpaired) electrons. The maximum absolute atomic E-state index is 10.8. The van der Waals surface area contributed by atoms with E-state index < -0.39 is 10.7 Å². The average Bonchev–Trinajstić information content (AvgIpc) is 2.43. The van der Waals surface area contributed by atoms with Gasteiger partial charge in [0.1, 0.15) is 5.02 Å². The van der Waals surface area contributed by atoms with Crippen molar-refractivity contribution in [2.45, 2.75) is 0 Å². The van der Waals surface area contributed by atoms with Gasteiger partial charge in [0.2, 0.25) is 0 Å². The highest BCUT2D eigenvalue weighted by Crippen LogP contribution is 2.30. The molecule has 0 aliphatic carbocycles. The SMILES string of the molecule is O=c1[nH]c2c([N+](=O)[O-])c(Cl)ccc2o1. The second-order valence-electron chi connectivity index (χ2n) is 2.54. The number of hydrogen-bond donors (Lipinski definition) is 1. The van der Waals surface area contributed by atoms with Gasteiger partial charge >= 0.3 is 11.4 Å². The van der Waals surface area contributed by atoms with E-state index >= 15 is 0 Å². The summed E-state index contributed by atoms with van der Waals surface area (Å²) in [5, 5.41) is 10.6. The quantitative estimate of drug-likeness (QED) is 0.578. The van der Waals surface area contributed by atoms with E-state index in [1.165, 1.54) is 12.1 Å². The van der Waals surface area contributed by atoms with Crippen LogP contribution in [0.2, 0.25) is 5.02 Å². The Kier molecular flexibility index (Phi) is 1.78. The van der Waals surface area contributed by atoms with Crippen molar-refractivity contribution >= 4 is 28.4 Å². The molecule has 0 saturated carbocycles. The van der Waals surface area contributed by atoms with Gasteiger partial charge in [0.25, 0.3) is 0 Å². The second kappa shape index (κ2) is 2.85. The molecular weight excluding hydrogens is 212 g/mol. The van der Waals surface area contributed by atoms with Crippen LogP contribution < -0.4 is 5.76 Å². The number of fused-ring (bicyclic) bond motifs is 1. The molecule has 0 saturated heterocycles. The van der Waals surface area contributed by atoms with Gasteiger partial charge in [-0.25, -0.2) is 4.79 Å². The number of aromatic amines is 1. The normalized spacial score (nSPS) is 10.6. The standard InChI is InChI=1S/C7H3ClN2O4/c8-3-1-2-4-5(6(3)10(12)13)9-7(11)14-4/h1-2H,(H,9,11). The Morgan fingerprint density at radius 1 is 1.50 bits per heavy atom. The molecule has 0 amide bonds. The van der Waals surface area contributed by atoms with Gasteiger partial charge in [-0.15, -0.1) is 0 Å². The molecule has 1 heterocycles. The Labute approximate surface area is 81.2 Å². The van der Waals surface area contributed by atoms with Crippen LogP contribution in [-0.4, -0.2) is 9.91 Å². The van der Waals surface area contributed by atoms with Crippen LogP contribution in [0.4, 0.5) is 5.69 Å². The molecule has 0 fully saturated rings. The number of nitro benzene ring substituents is 1. The third-order valence-electron chi connectivity index (χ3n) is 1.70. The van der Waals surface area contributed by atoms with E-state index in [9.17, 15) is 14.9 Å². The molecule has 7 heteroatoms. The molecule has 0 bridgehead atoms. The van der Waals surface area contributed by atoms with Crippen LogP contribution >= 0.6 is 11.6 Å². The van der Waals surface area contributed by atoms with E-state index in [0.29, 0.717) is 0 Å². The van der Waals surface area contributed by atoms with Crippen LogP contribution in [0.1, 0.15) is 0 Å². The third kappa shape index (κ3) is 1.16. The summed E-state index contributed by atoms with van der Waals surface area (Å²) in [7, 11) is 0. The molecule has 1 N–H and O–H groups in total. The molecule has 2 rings (SSSR count). The maximum atomic E-state index is 10.8. The predicted molar refractivity (Wildman–Crippen MR) is 48.5 cm³/mol. The Bertz CT molecular complexity index is 571. The number of oxazole rings is 1. The largest absolute Gasteiger partial charge is 0.417 e. The van der Waals surface area contributed by atoms with Crippen molar-refractivity contribution in [3.05, 3.63) is 37.8 Å². The topological polar surface area (TPSA) is 89.1 Å². The Balaban J connectivity index is 2.95. The first kappa shape index (κ1) is 8.76. The summed E-state index contributed by atoms with van der Waals surface area (Å²) in [4.78, 5) is 22.9. The molecule has 1 aromatic carbocycles. The van der Waals surface area contributed by atoms with E-state index in [1.807, 2.05) is 0 Å². The van der Waals surface area contributed by atoms with E-state index in [-0.39, 0.29) is 21.8 Å². The van der Waals surface area contributed by atoms with Gasteiger partial charge in [0, 0.05) is 0 Å². The number of halogens is 1. The first-order valence-corrected chi connectivity index (χ1v) is 3.93. The van der Waals surface area contributed by atoms with Crippen molar-refractivity contribution in [1.29, 1.82) is 0 Å². The molecule has 1 aromatic heterocycles. The van der Waals surface area contributed by atoms with Crippen LogP contribution in [0.15, 0.2) is 21.3 Å². The average molecular weight is 215 g/mol. The Hall–Kier alpha value is -1.82. The highest BCUT2D eigenvalue weighted by Gasteiger charge is 2.20. The van der Waals surface area contributed by atoms with E-state index in [0.717, 1.165) is 0 Å². The van der Waals surface area contributed by atoms with E-state index in [1.54, 1.807) is 0 Å². The Morgan fingerprint density at radius 2 is 2.21 bits per heavy atom. The van der Waals surface area contributed by atoms with Crippen molar-refractivity contribution in [2.24, 2.45) is 0 Å². The highest BCUT2D eigenvalue weighted by molar-refractivity contribution is 6.33. The number of benzene rings is 1. The van der Waals surface area contributed by atoms with Gasteiger partial charge in [-0.1, -0.05) is 11.6 Å². The summed E-state index contributed by atoms with van der Waals surface area (Å²) in [6.45, 7) is 0. The molecule has 14 heavy (non-hydrogen) atoms. The summed E-state index contributed by atoms with van der Waals surface area (Å²) >= 11 is 5.60. The number of rotatable bonds is 1. The fourth-order valence-electron chi connectivity index (χ4n) is 1.16. The first-order valence-electron chi connectivity index (χ1n) is 3.55. The minimum atomic E-state index is -0.745. The maximum Gasteiger partial charge on any atom is 0.417 e. The van der Waals surface area contributed by atoms with Crippen LogP contribution in [0.25, 0.3) is 11.1 Å². The Morgan fingerprint density at radius 3 is 2.86 bits per heavy atom. The molecule has 72 valence electrons. The number of nitrogens with one attached hydrogen (secondary N) is 1. The van der Waals surface area contributed by atoms with Gasteiger partial charge in [-0.2, -0.15) is 0 Å². The van der Waals surface area contributed by atoms with Gasteiger partial charge in [0.15, 0.2) is 11.1 Å². The summed E-state index contributed by atoms with van der Waals surface area (Å²) in [6, 6.07) is 2.70. The molecule has 2 aromatic rings. The van der Waals surface area contributed by atoms with Crippen molar-refractivity contribution in [3.63, 3.8) is 0 Å². The number of hydrogen-bond acceptors (Lipinski definition) is 4. The predicted octanol–water partition coefficient (Wildman–Crippen LogP) is 1.68. The molecular formula is C7H3ClN2O4. The fourth-order valence-corrected chi connectivity index (χ4v) is 1.39. The van der Waals surface area contributed by atoms with Gasteiger partial charge in [0.05, 0.1) is 4.92 Å². The zero-order chi connectivity index (χ0) is 10.3. The lowest BCUT2D eigenvalue weighted by atomic mass is 10.3. The highest BCUT2D eigenvalue weighted by atomic mass is 35.5. The number of nitro groups is 1. The number of nitrogens with zero attached hydrogens (tertiary/aromatic N) is 1. The minimum Gasteiger partial charge on any atom is -0.408 e. The molecule has 0 aliphatic rings. The van der Waals surface area contributed by atoms with Gasteiger partial charge < -0.3 is 4.42 Å². The fraction of sp³-hybridized carbons (Fsp3) is 0. The van der Waals surface area contributed by atoms with E-state index in [2.05, 4.69) is 9.40 Å². The van der Waals surface area contributed by atoms with E-state index in [4.69, 9.17) is 11.6 Å². The second-order valence-corrected chi connectivity index (χ2v) is 2.95. The molecule has 0 spiro atoms. The monoisotopic (exact) mass is 214 g/mol. The number of H-pyrrole nitrogens is 1. The number of aromatic nitrogens is 1. The lowest BCUT2D eigenvalue weighted by Crippen LogP contribution is -1.95. The third-order valence-corrected chi connectivity index (χ3v) is 2.01. The zero-order valence-electron chi connectivity index (χ0n) is 6.61. The minimum absolute atomic E-state index is 0.00694. The zero-order valence-corrected chi connectivity index (χ0v) is 7.37. The smallest absolute Gasteiger partial charge is 0.408 e. The summed E-state index contributed by atoms with van der Waals surface area (Å²) in [5.41, 5.74) is -0.228. The lowest BCUT2D eigenvalue weighted by molar-refractivity contribution is -0.383. The van der Waals surface area contributed by atoms with Crippen molar-refractivity contribution < 1.29 is 9.34 Å². The molecule has 0 unspecified atom stereocenters. The van der Waals surface area contributed by atoms with Gasteiger partial charge in [-0.3, -0.25) is 15.1 Å². The molecule has 0 aliphatic heterocycles.